The Morgan fingerprint density at radius 1 is 0.838 bits per heavy atom. The van der Waals surface area contributed by atoms with Gasteiger partial charge >= 0.3 is 0 Å². The van der Waals surface area contributed by atoms with Gasteiger partial charge in [0, 0.05) is 17.2 Å². The van der Waals surface area contributed by atoms with Gasteiger partial charge < -0.3 is 28.8 Å². The van der Waals surface area contributed by atoms with Crippen molar-refractivity contribution in [2.75, 3.05) is 39.5 Å². The van der Waals surface area contributed by atoms with Crippen molar-refractivity contribution in [3.8, 4) is 45.5 Å². The summed E-state index contributed by atoms with van der Waals surface area (Å²) in [6.45, 7) is 1.74. The molecule has 1 amide bonds. The van der Waals surface area contributed by atoms with Gasteiger partial charge in [0.15, 0.2) is 28.8 Å². The molecule has 0 unspecified atom stereocenters. The minimum absolute atomic E-state index is 0.0503. The van der Waals surface area contributed by atoms with E-state index in [9.17, 15) is 4.79 Å². The lowest BCUT2D eigenvalue weighted by Gasteiger charge is -2.14. The first kappa shape index (κ1) is 25.8. The van der Waals surface area contributed by atoms with Gasteiger partial charge in [0.1, 0.15) is 17.1 Å². The number of carbonyl (C=O) groups excluding carboxylic acids is 1. The average Bonchev–Trinajstić information content (AvgIpc) is 3.34. The Kier molecular flexibility index (Phi) is 8.08. The molecule has 2 aromatic heterocycles. The van der Waals surface area contributed by atoms with E-state index in [1.807, 2.05) is 12.1 Å². The van der Waals surface area contributed by atoms with Crippen LogP contribution in [0.5, 0.6) is 23.0 Å². The number of methoxy groups -OCH3 is 4. The predicted octanol–water partition coefficient (Wildman–Crippen LogP) is 4.27. The van der Waals surface area contributed by atoms with Gasteiger partial charge in [-0.3, -0.25) is 4.79 Å². The Hall–Kier alpha value is -4.32. The van der Waals surface area contributed by atoms with E-state index >= 15 is 0 Å². The third kappa shape index (κ3) is 5.92. The second-order valence-corrected chi connectivity index (χ2v) is 8.53. The molecule has 0 saturated heterocycles. The maximum Gasteiger partial charge on any atom is 0.236 e. The number of thioether (sulfide) groups is 1. The second kappa shape index (κ2) is 11.6. The van der Waals surface area contributed by atoms with Crippen LogP contribution in [0.15, 0.2) is 52.1 Å². The van der Waals surface area contributed by atoms with E-state index in [2.05, 4.69) is 20.7 Å². The number of hydrogen-bond donors (Lipinski definition) is 1. The highest BCUT2D eigenvalue weighted by Crippen LogP contribution is 2.38. The first-order valence-corrected chi connectivity index (χ1v) is 12.0. The van der Waals surface area contributed by atoms with E-state index in [4.69, 9.17) is 28.5 Å². The zero-order chi connectivity index (χ0) is 26.4. The molecule has 12 heteroatoms. The Morgan fingerprint density at radius 3 is 1.97 bits per heavy atom. The van der Waals surface area contributed by atoms with Crippen LogP contribution >= 0.6 is 11.8 Å². The lowest BCUT2D eigenvalue weighted by atomic mass is 10.0. The average molecular weight is 524 g/mol. The molecule has 0 spiro atoms. The van der Waals surface area contributed by atoms with Gasteiger partial charge in [-0.05, 0) is 43.3 Å². The largest absolute Gasteiger partial charge is 0.493 e. The van der Waals surface area contributed by atoms with Crippen molar-refractivity contribution in [2.24, 2.45) is 0 Å². The minimum atomic E-state index is -0.279. The molecule has 4 rings (SSSR count). The molecule has 11 nitrogen and oxygen atoms in total. The highest BCUT2D eigenvalue weighted by Gasteiger charge is 2.18. The second-order valence-electron chi connectivity index (χ2n) is 7.59. The molecule has 1 N–H and O–H groups in total. The first-order chi connectivity index (χ1) is 17.9. The van der Waals surface area contributed by atoms with Gasteiger partial charge in [0.25, 0.3) is 0 Å². The summed E-state index contributed by atoms with van der Waals surface area (Å²) in [5.74, 6) is 2.95. The van der Waals surface area contributed by atoms with E-state index in [0.717, 1.165) is 22.9 Å². The number of rotatable bonds is 10. The number of benzene rings is 2. The van der Waals surface area contributed by atoms with E-state index in [1.165, 1.54) is 0 Å². The molecule has 0 aliphatic carbocycles. The molecular formula is C25H25N5O6S. The number of nitrogens with zero attached hydrogens (tertiary/aromatic N) is 4. The number of nitrogens with one attached hydrogen (secondary N) is 1. The van der Waals surface area contributed by atoms with Crippen LogP contribution in [0.2, 0.25) is 0 Å². The molecule has 0 bridgehead atoms. The Morgan fingerprint density at radius 2 is 1.43 bits per heavy atom. The Balaban J connectivity index is 1.69. The molecule has 0 atom stereocenters. The summed E-state index contributed by atoms with van der Waals surface area (Å²) in [4.78, 5) is 17.1. The summed E-state index contributed by atoms with van der Waals surface area (Å²) in [6, 6.07) is 12.5. The summed E-state index contributed by atoms with van der Waals surface area (Å²) in [7, 11) is 6.26. The topological polar surface area (TPSA) is 131 Å². The van der Waals surface area contributed by atoms with Crippen LogP contribution in [0.1, 0.15) is 5.76 Å². The smallest absolute Gasteiger partial charge is 0.236 e. The predicted molar refractivity (Wildman–Crippen MR) is 138 cm³/mol. The molecule has 0 fully saturated rings. The third-order valence-electron chi connectivity index (χ3n) is 5.21. The molecule has 2 aromatic carbocycles. The van der Waals surface area contributed by atoms with Crippen molar-refractivity contribution in [3.05, 3.63) is 48.2 Å². The van der Waals surface area contributed by atoms with Gasteiger partial charge in [-0.15, -0.1) is 10.2 Å². The lowest BCUT2D eigenvalue weighted by molar-refractivity contribution is -0.113. The zero-order valence-corrected chi connectivity index (χ0v) is 21.7. The molecule has 0 saturated carbocycles. The van der Waals surface area contributed by atoms with E-state index in [-0.39, 0.29) is 11.7 Å². The molecule has 37 heavy (non-hydrogen) atoms. The van der Waals surface area contributed by atoms with Crippen LogP contribution in [-0.4, -0.2) is 60.4 Å². The van der Waals surface area contributed by atoms with Gasteiger partial charge in [0.2, 0.25) is 11.1 Å². The highest BCUT2D eigenvalue weighted by atomic mass is 32.2. The number of amides is 1. The standard InChI is InChI=1S/C25H25N5O6S/c1-14-10-21(30-36-14)26-22(31)13-37-25-27-23(15-6-8-17(32-2)19(11-15)34-4)24(28-29-25)16-7-9-18(33-3)20(12-16)35-5/h6-12H,13H2,1-5H3,(H,26,30,31). The van der Waals surface area contributed by atoms with Gasteiger partial charge in [0.05, 0.1) is 34.2 Å². The number of carbonyl (C=O) groups is 1. The normalized spacial score (nSPS) is 10.6. The number of hydrogen-bond acceptors (Lipinski definition) is 11. The molecule has 0 aliphatic rings. The van der Waals surface area contributed by atoms with Crippen LogP contribution < -0.4 is 24.3 Å². The maximum atomic E-state index is 12.4. The van der Waals surface area contributed by atoms with Crippen molar-refractivity contribution < 1.29 is 28.3 Å². The monoisotopic (exact) mass is 523 g/mol. The fourth-order valence-electron chi connectivity index (χ4n) is 3.47. The Labute approximate surface area is 217 Å². The van der Waals surface area contributed by atoms with E-state index in [1.54, 1.807) is 65.7 Å². The molecule has 192 valence electrons. The van der Waals surface area contributed by atoms with Crippen LogP contribution in [0.3, 0.4) is 0 Å². The molecule has 4 aromatic rings. The number of ether oxygens (including phenoxy) is 4. The number of anilines is 1. The summed E-state index contributed by atoms with van der Waals surface area (Å²) < 4.78 is 26.6. The van der Waals surface area contributed by atoms with Gasteiger partial charge in [-0.25, -0.2) is 4.98 Å². The van der Waals surface area contributed by atoms with Crippen LogP contribution in [-0.2, 0) is 4.79 Å². The summed E-state index contributed by atoms with van der Waals surface area (Å²) in [6.07, 6.45) is 0. The molecule has 0 aliphatic heterocycles. The minimum Gasteiger partial charge on any atom is -0.493 e. The van der Waals surface area contributed by atoms with Gasteiger partial charge in [-0.2, -0.15) is 0 Å². The van der Waals surface area contributed by atoms with Gasteiger partial charge in [-0.1, -0.05) is 16.9 Å². The SMILES string of the molecule is COc1ccc(-c2nnc(SCC(=O)Nc3cc(C)on3)nc2-c2ccc(OC)c(OC)c2)cc1OC. The molecular weight excluding hydrogens is 498 g/mol. The first-order valence-electron chi connectivity index (χ1n) is 11.0. The van der Waals surface area contributed by atoms with Crippen molar-refractivity contribution in [1.82, 2.24) is 20.3 Å². The fraction of sp³-hybridized carbons (Fsp3) is 0.240. The van der Waals surface area contributed by atoms with E-state index < -0.39 is 0 Å². The maximum absolute atomic E-state index is 12.4. The van der Waals surface area contributed by atoms with Crippen LogP contribution in [0, 0.1) is 6.92 Å². The third-order valence-corrected chi connectivity index (χ3v) is 6.05. The summed E-state index contributed by atoms with van der Waals surface area (Å²) in [5.41, 5.74) is 2.50. The van der Waals surface area contributed by atoms with Crippen molar-refractivity contribution in [3.63, 3.8) is 0 Å². The zero-order valence-electron chi connectivity index (χ0n) is 20.9. The fourth-order valence-corrected chi connectivity index (χ4v) is 4.06. The van der Waals surface area contributed by atoms with Crippen molar-refractivity contribution >= 4 is 23.5 Å². The van der Waals surface area contributed by atoms with Crippen LogP contribution in [0.25, 0.3) is 22.5 Å². The Bertz CT molecular complexity index is 1410. The quantitative estimate of drug-likeness (QED) is 0.299. The van der Waals surface area contributed by atoms with Crippen LogP contribution in [0.4, 0.5) is 5.82 Å². The number of aromatic nitrogens is 4. The molecule has 0 radical (unpaired) electrons. The summed E-state index contributed by atoms with van der Waals surface area (Å²) >= 11 is 1.14. The number of aryl methyl sites for hydroxylation is 1. The lowest BCUT2D eigenvalue weighted by Crippen LogP contribution is -2.14. The van der Waals surface area contributed by atoms with Crippen molar-refractivity contribution in [1.29, 1.82) is 0 Å². The summed E-state index contributed by atoms with van der Waals surface area (Å²) in [5, 5.41) is 15.5. The van der Waals surface area contributed by atoms with E-state index in [0.29, 0.717) is 51.1 Å². The van der Waals surface area contributed by atoms with Crippen molar-refractivity contribution in [2.45, 2.75) is 12.1 Å². The highest BCUT2D eigenvalue weighted by molar-refractivity contribution is 7.99. The molecule has 2 heterocycles.